The van der Waals surface area contributed by atoms with E-state index >= 15 is 0 Å². The molecule has 0 spiro atoms. The Morgan fingerprint density at radius 2 is 1.97 bits per heavy atom. The van der Waals surface area contributed by atoms with Crippen LogP contribution in [0.5, 0.6) is 5.75 Å². The van der Waals surface area contributed by atoms with E-state index in [1.54, 1.807) is 24.3 Å². The molecule has 1 N–H and O–H groups in total. The van der Waals surface area contributed by atoms with Crippen molar-refractivity contribution in [1.29, 1.82) is 0 Å². The zero-order valence-corrected chi connectivity index (χ0v) is 19.3. The molecule has 32 heavy (non-hydrogen) atoms. The van der Waals surface area contributed by atoms with Crippen LogP contribution in [0.25, 0.3) is 0 Å². The van der Waals surface area contributed by atoms with Crippen LogP contribution in [0.1, 0.15) is 61.6 Å². The van der Waals surface area contributed by atoms with Crippen LogP contribution < -0.4 is 9.46 Å². The summed E-state index contributed by atoms with van der Waals surface area (Å²) in [7, 11) is -3.31. The van der Waals surface area contributed by atoms with Gasteiger partial charge < -0.3 is 4.74 Å². The van der Waals surface area contributed by atoms with Crippen LogP contribution in [0.15, 0.2) is 36.4 Å². The molecular formula is C25H31F2NO3S. The maximum absolute atomic E-state index is 14.7. The van der Waals surface area contributed by atoms with Gasteiger partial charge in [0.1, 0.15) is 12.4 Å². The topological polar surface area (TPSA) is 55.4 Å². The van der Waals surface area contributed by atoms with Gasteiger partial charge in [0, 0.05) is 6.54 Å². The van der Waals surface area contributed by atoms with E-state index in [1.165, 1.54) is 6.07 Å². The average Bonchev–Trinajstić information content (AvgIpc) is 3.00. The van der Waals surface area contributed by atoms with E-state index in [1.807, 2.05) is 6.07 Å². The first-order valence-corrected chi connectivity index (χ1v) is 13.1. The van der Waals surface area contributed by atoms with Crippen LogP contribution in [-0.2, 0) is 22.9 Å². The van der Waals surface area contributed by atoms with E-state index in [0.717, 1.165) is 42.4 Å². The van der Waals surface area contributed by atoms with Gasteiger partial charge in [0.15, 0.2) is 11.6 Å². The van der Waals surface area contributed by atoms with Crippen molar-refractivity contribution in [1.82, 2.24) is 4.72 Å². The van der Waals surface area contributed by atoms with Gasteiger partial charge in [-0.1, -0.05) is 31.9 Å². The van der Waals surface area contributed by atoms with E-state index in [-0.39, 0.29) is 35.9 Å². The maximum atomic E-state index is 14.7. The van der Waals surface area contributed by atoms with Gasteiger partial charge in [-0.15, -0.1) is 0 Å². The van der Waals surface area contributed by atoms with Crippen LogP contribution in [0.4, 0.5) is 8.78 Å². The Morgan fingerprint density at radius 1 is 1.16 bits per heavy atom. The molecule has 2 aliphatic rings. The van der Waals surface area contributed by atoms with Crippen LogP contribution in [-0.4, -0.2) is 26.8 Å². The molecule has 2 atom stereocenters. The second-order valence-corrected chi connectivity index (χ2v) is 11.1. The summed E-state index contributed by atoms with van der Waals surface area (Å²) in [5, 5.41) is -0.307. The lowest BCUT2D eigenvalue weighted by molar-refractivity contribution is 0.305. The Bertz CT molecular complexity index is 1050. The molecule has 0 radical (unpaired) electrons. The number of halogens is 2. The fraction of sp³-hybridized carbons (Fsp3) is 0.520. The summed E-state index contributed by atoms with van der Waals surface area (Å²) >= 11 is 0. The second-order valence-electron chi connectivity index (χ2n) is 9.02. The number of hydrogen-bond donors (Lipinski definition) is 1. The molecule has 0 saturated heterocycles. The minimum Gasteiger partial charge on any atom is -0.489 e. The van der Waals surface area contributed by atoms with Gasteiger partial charge in [-0.2, -0.15) is 0 Å². The zero-order valence-electron chi connectivity index (χ0n) is 18.4. The van der Waals surface area contributed by atoms with Crippen LogP contribution in [0.2, 0.25) is 0 Å². The predicted molar refractivity (Wildman–Crippen MR) is 121 cm³/mol. The molecule has 4 rings (SSSR count). The predicted octanol–water partition coefficient (Wildman–Crippen LogP) is 5.11. The summed E-state index contributed by atoms with van der Waals surface area (Å²) in [4.78, 5) is 0. The molecule has 0 heterocycles. The van der Waals surface area contributed by atoms with E-state index in [2.05, 4.69) is 11.6 Å². The first-order chi connectivity index (χ1) is 15.4. The summed E-state index contributed by atoms with van der Waals surface area (Å²) < 4.78 is 60.9. The molecule has 4 nitrogen and oxygen atoms in total. The molecule has 2 aromatic carbocycles. The van der Waals surface area contributed by atoms with Crippen molar-refractivity contribution in [2.75, 3.05) is 13.2 Å². The Hall–Kier alpha value is -1.99. The number of hydrogen-bond acceptors (Lipinski definition) is 3. The van der Waals surface area contributed by atoms with Gasteiger partial charge in [-0.25, -0.2) is 21.9 Å². The van der Waals surface area contributed by atoms with Gasteiger partial charge in [0.2, 0.25) is 10.0 Å². The lowest BCUT2D eigenvalue weighted by Crippen LogP contribution is -2.40. The van der Waals surface area contributed by atoms with E-state index in [0.29, 0.717) is 25.2 Å². The fourth-order valence-corrected chi connectivity index (χ4v) is 6.49. The molecule has 174 valence electrons. The largest absolute Gasteiger partial charge is 0.489 e. The average molecular weight is 464 g/mol. The molecule has 1 fully saturated rings. The fourth-order valence-electron chi connectivity index (χ4n) is 4.93. The van der Waals surface area contributed by atoms with Crippen LogP contribution in [0, 0.1) is 17.6 Å². The highest BCUT2D eigenvalue weighted by Crippen LogP contribution is 2.44. The van der Waals surface area contributed by atoms with Crippen LogP contribution >= 0.6 is 0 Å². The summed E-state index contributed by atoms with van der Waals surface area (Å²) in [6.45, 7) is 2.32. The molecule has 7 heteroatoms. The number of nitrogens with one attached hydrogen (secondary N) is 1. The van der Waals surface area contributed by atoms with Crippen molar-refractivity contribution in [2.24, 2.45) is 5.92 Å². The van der Waals surface area contributed by atoms with E-state index < -0.39 is 15.8 Å². The summed E-state index contributed by atoms with van der Waals surface area (Å²) in [6, 6.07) is 9.98. The van der Waals surface area contributed by atoms with Gasteiger partial charge in [-0.05, 0) is 84.9 Å². The van der Waals surface area contributed by atoms with Crippen molar-refractivity contribution in [3.63, 3.8) is 0 Å². The Balaban J connectivity index is 1.46. The van der Waals surface area contributed by atoms with Crippen molar-refractivity contribution >= 4 is 10.0 Å². The molecular weight excluding hydrogens is 432 g/mol. The third kappa shape index (κ3) is 5.15. The third-order valence-electron chi connectivity index (χ3n) is 6.80. The lowest BCUT2D eigenvalue weighted by Gasteiger charge is -2.25. The summed E-state index contributed by atoms with van der Waals surface area (Å²) in [5.41, 5.74) is 2.97. The SMILES string of the molecule is CCCC1Cc2cc(F)c(OCCNS(=O)(=O)C3CCC3)cc2C1Cc1cccc(F)c1. The van der Waals surface area contributed by atoms with Crippen molar-refractivity contribution in [3.05, 3.63) is 64.7 Å². The number of sulfonamides is 1. The normalized spacial score (nSPS) is 20.7. The van der Waals surface area contributed by atoms with Gasteiger partial charge in [-0.3, -0.25) is 0 Å². The molecule has 0 aliphatic heterocycles. The minimum atomic E-state index is -3.31. The number of rotatable bonds is 10. The summed E-state index contributed by atoms with van der Waals surface area (Å²) in [5.74, 6) is 0.0227. The van der Waals surface area contributed by atoms with Gasteiger partial charge >= 0.3 is 0 Å². The van der Waals surface area contributed by atoms with E-state index in [9.17, 15) is 17.2 Å². The maximum Gasteiger partial charge on any atom is 0.214 e. The van der Waals surface area contributed by atoms with Crippen molar-refractivity contribution in [2.45, 2.75) is 63.0 Å². The zero-order chi connectivity index (χ0) is 22.7. The lowest BCUT2D eigenvalue weighted by atomic mass is 9.84. The Morgan fingerprint density at radius 3 is 2.66 bits per heavy atom. The third-order valence-corrected chi connectivity index (χ3v) is 8.76. The molecule has 2 unspecified atom stereocenters. The Labute approximate surface area is 189 Å². The standard InChI is InChI=1S/C25H31F2NO3S/c1-2-5-18-14-19-15-24(27)25(31-11-10-28-32(29,30)21-8-4-9-21)16-23(19)22(18)13-17-6-3-7-20(26)12-17/h3,6-7,12,15-16,18,21-22,28H,2,4-5,8-11,13-14H2,1H3. The van der Waals surface area contributed by atoms with Crippen molar-refractivity contribution < 1.29 is 21.9 Å². The molecule has 0 aromatic heterocycles. The molecule has 2 aliphatic carbocycles. The minimum absolute atomic E-state index is 0.0641. The first-order valence-electron chi connectivity index (χ1n) is 11.6. The highest BCUT2D eigenvalue weighted by molar-refractivity contribution is 7.90. The monoisotopic (exact) mass is 463 g/mol. The molecule has 1 saturated carbocycles. The first kappa shape index (κ1) is 23.2. The van der Waals surface area contributed by atoms with Crippen molar-refractivity contribution in [3.8, 4) is 5.75 Å². The quantitative estimate of drug-likeness (QED) is 0.498. The Kier molecular flexibility index (Phi) is 7.15. The smallest absolute Gasteiger partial charge is 0.214 e. The van der Waals surface area contributed by atoms with E-state index in [4.69, 9.17) is 4.74 Å². The van der Waals surface area contributed by atoms with Crippen LogP contribution in [0.3, 0.4) is 0 Å². The molecule has 0 amide bonds. The second kappa shape index (κ2) is 9.87. The highest BCUT2D eigenvalue weighted by atomic mass is 32.2. The van der Waals surface area contributed by atoms with Gasteiger partial charge in [0.25, 0.3) is 0 Å². The molecule has 2 aromatic rings. The number of ether oxygens (including phenoxy) is 1. The van der Waals surface area contributed by atoms with Gasteiger partial charge in [0.05, 0.1) is 5.25 Å². The number of fused-ring (bicyclic) bond motifs is 1. The summed E-state index contributed by atoms with van der Waals surface area (Å²) in [6.07, 6.45) is 5.89. The highest BCUT2D eigenvalue weighted by Gasteiger charge is 2.33. The number of benzene rings is 2. The molecule has 0 bridgehead atoms.